The molecule has 0 aliphatic carbocycles. The van der Waals surface area contributed by atoms with Gasteiger partial charge in [-0.05, 0) is 25.0 Å². The quantitative estimate of drug-likeness (QED) is 0.797. The fraction of sp³-hybridized carbons (Fsp3) is 0.500. The number of hydrogen-bond donors (Lipinski definition) is 0. The first-order chi connectivity index (χ1) is 8.78. The number of piperidine rings is 1. The number of hydrogen-bond acceptors (Lipinski definition) is 4. The Morgan fingerprint density at radius 1 is 1.16 bits per heavy atom. The van der Waals surface area contributed by atoms with E-state index in [-0.39, 0.29) is 18.3 Å². The SMILES string of the molecule is COc1ccc(N2CCC(C=O)CC2)cc1OC.Cl. The molecule has 106 valence electrons. The average molecular weight is 286 g/mol. The van der Waals surface area contributed by atoms with Gasteiger partial charge in [-0.15, -0.1) is 12.4 Å². The molecule has 0 saturated carbocycles. The molecule has 0 unspecified atom stereocenters. The van der Waals surface area contributed by atoms with E-state index in [0.717, 1.165) is 49.4 Å². The summed E-state index contributed by atoms with van der Waals surface area (Å²) in [6, 6.07) is 5.93. The molecule has 0 N–H and O–H groups in total. The summed E-state index contributed by atoms with van der Waals surface area (Å²) in [5, 5.41) is 0. The first-order valence-corrected chi connectivity index (χ1v) is 6.20. The van der Waals surface area contributed by atoms with Crippen LogP contribution in [0.15, 0.2) is 18.2 Å². The van der Waals surface area contributed by atoms with Crippen molar-refractivity contribution in [1.82, 2.24) is 0 Å². The molecule has 0 radical (unpaired) electrons. The average Bonchev–Trinajstić information content (AvgIpc) is 2.46. The van der Waals surface area contributed by atoms with Crippen LogP contribution in [0.3, 0.4) is 0 Å². The maximum Gasteiger partial charge on any atom is 0.162 e. The highest BCUT2D eigenvalue weighted by Crippen LogP contribution is 2.32. The number of carbonyl (C=O) groups is 1. The molecule has 1 aliphatic rings. The topological polar surface area (TPSA) is 38.8 Å². The largest absolute Gasteiger partial charge is 0.493 e. The molecule has 1 saturated heterocycles. The van der Waals surface area contributed by atoms with Crippen LogP contribution in [0.5, 0.6) is 11.5 Å². The zero-order valence-electron chi connectivity index (χ0n) is 11.3. The van der Waals surface area contributed by atoms with Gasteiger partial charge in [0, 0.05) is 30.8 Å². The minimum absolute atomic E-state index is 0. The molecule has 19 heavy (non-hydrogen) atoms. The van der Waals surface area contributed by atoms with Gasteiger partial charge < -0.3 is 19.2 Å². The van der Waals surface area contributed by atoms with E-state index < -0.39 is 0 Å². The van der Waals surface area contributed by atoms with E-state index in [0.29, 0.717) is 0 Å². The van der Waals surface area contributed by atoms with Crippen LogP contribution < -0.4 is 14.4 Å². The number of methoxy groups -OCH3 is 2. The third-order valence-electron chi connectivity index (χ3n) is 3.46. The number of anilines is 1. The summed E-state index contributed by atoms with van der Waals surface area (Å²) in [5.41, 5.74) is 1.12. The monoisotopic (exact) mass is 285 g/mol. The lowest BCUT2D eigenvalue weighted by Gasteiger charge is -2.31. The van der Waals surface area contributed by atoms with Crippen LogP contribution in [-0.4, -0.2) is 33.6 Å². The molecule has 5 heteroatoms. The van der Waals surface area contributed by atoms with E-state index >= 15 is 0 Å². The molecule has 1 aromatic carbocycles. The van der Waals surface area contributed by atoms with Gasteiger partial charge in [-0.2, -0.15) is 0 Å². The molecule has 4 nitrogen and oxygen atoms in total. The van der Waals surface area contributed by atoms with Gasteiger partial charge in [0.25, 0.3) is 0 Å². The predicted octanol–water partition coefficient (Wildman–Crippen LogP) is 2.54. The Balaban J connectivity index is 0.00000180. The van der Waals surface area contributed by atoms with Crippen molar-refractivity contribution in [3.05, 3.63) is 18.2 Å². The van der Waals surface area contributed by atoms with Crippen LogP contribution in [-0.2, 0) is 4.79 Å². The Morgan fingerprint density at radius 2 is 1.79 bits per heavy atom. The number of nitrogens with zero attached hydrogens (tertiary/aromatic N) is 1. The second-order valence-electron chi connectivity index (χ2n) is 4.50. The number of carbonyl (C=O) groups excluding carboxylic acids is 1. The number of ether oxygens (including phenoxy) is 2. The summed E-state index contributed by atoms with van der Waals surface area (Å²) < 4.78 is 10.5. The molecular formula is C14H20ClNO3. The van der Waals surface area contributed by atoms with Gasteiger partial charge in [-0.25, -0.2) is 0 Å². The molecule has 1 heterocycles. The maximum absolute atomic E-state index is 10.7. The minimum atomic E-state index is 0. The van der Waals surface area contributed by atoms with E-state index in [2.05, 4.69) is 4.90 Å². The van der Waals surface area contributed by atoms with E-state index in [1.54, 1.807) is 14.2 Å². The van der Waals surface area contributed by atoms with Crippen molar-refractivity contribution in [3.63, 3.8) is 0 Å². The van der Waals surface area contributed by atoms with Crippen molar-refractivity contribution in [1.29, 1.82) is 0 Å². The molecule has 0 amide bonds. The van der Waals surface area contributed by atoms with Gasteiger partial charge in [0.2, 0.25) is 0 Å². The molecule has 2 rings (SSSR count). The summed E-state index contributed by atoms with van der Waals surface area (Å²) in [5.74, 6) is 1.71. The molecule has 1 aromatic rings. The Kier molecular flexibility index (Phi) is 5.96. The van der Waals surface area contributed by atoms with Gasteiger partial charge in [-0.1, -0.05) is 0 Å². The minimum Gasteiger partial charge on any atom is -0.493 e. The van der Waals surface area contributed by atoms with Crippen molar-refractivity contribution in [2.45, 2.75) is 12.8 Å². The summed E-state index contributed by atoms with van der Waals surface area (Å²) in [6.45, 7) is 1.83. The smallest absolute Gasteiger partial charge is 0.162 e. The summed E-state index contributed by atoms with van der Waals surface area (Å²) in [6.07, 6.45) is 2.93. The van der Waals surface area contributed by atoms with Crippen LogP contribution in [0.2, 0.25) is 0 Å². The highest BCUT2D eigenvalue weighted by atomic mass is 35.5. The third kappa shape index (κ3) is 3.53. The number of halogens is 1. The molecule has 0 aromatic heterocycles. The van der Waals surface area contributed by atoms with Crippen LogP contribution >= 0.6 is 12.4 Å². The van der Waals surface area contributed by atoms with Crippen molar-refractivity contribution in [2.24, 2.45) is 5.92 Å². The fourth-order valence-electron chi connectivity index (χ4n) is 2.32. The molecule has 1 aliphatic heterocycles. The van der Waals surface area contributed by atoms with Crippen molar-refractivity contribution in [3.8, 4) is 11.5 Å². The van der Waals surface area contributed by atoms with E-state index in [1.165, 1.54) is 0 Å². The highest BCUT2D eigenvalue weighted by molar-refractivity contribution is 5.85. The zero-order chi connectivity index (χ0) is 13.0. The first kappa shape index (κ1) is 15.6. The van der Waals surface area contributed by atoms with Crippen molar-refractivity contribution in [2.75, 3.05) is 32.2 Å². The molecule has 1 fully saturated rings. The van der Waals surface area contributed by atoms with E-state index in [9.17, 15) is 4.79 Å². The van der Waals surface area contributed by atoms with Crippen LogP contribution in [0.25, 0.3) is 0 Å². The number of benzene rings is 1. The molecular weight excluding hydrogens is 266 g/mol. The lowest BCUT2D eigenvalue weighted by molar-refractivity contribution is -0.111. The van der Waals surface area contributed by atoms with Gasteiger partial charge >= 0.3 is 0 Å². The first-order valence-electron chi connectivity index (χ1n) is 6.20. The van der Waals surface area contributed by atoms with Gasteiger partial charge in [0.1, 0.15) is 6.29 Å². The third-order valence-corrected chi connectivity index (χ3v) is 3.46. The van der Waals surface area contributed by atoms with Crippen LogP contribution in [0.4, 0.5) is 5.69 Å². The Hall–Kier alpha value is -1.42. The van der Waals surface area contributed by atoms with Gasteiger partial charge in [-0.3, -0.25) is 0 Å². The Morgan fingerprint density at radius 3 is 2.32 bits per heavy atom. The van der Waals surface area contributed by atoms with Crippen molar-refractivity contribution >= 4 is 24.4 Å². The predicted molar refractivity (Wildman–Crippen MR) is 77.8 cm³/mol. The molecule has 0 bridgehead atoms. The van der Waals surface area contributed by atoms with Crippen LogP contribution in [0, 0.1) is 5.92 Å². The lowest BCUT2D eigenvalue weighted by atomic mass is 9.98. The summed E-state index contributed by atoms with van der Waals surface area (Å²) in [4.78, 5) is 13.0. The molecule has 0 atom stereocenters. The molecule has 0 spiro atoms. The number of aldehydes is 1. The second-order valence-corrected chi connectivity index (χ2v) is 4.50. The van der Waals surface area contributed by atoms with Crippen molar-refractivity contribution < 1.29 is 14.3 Å². The van der Waals surface area contributed by atoms with E-state index in [1.807, 2.05) is 18.2 Å². The fourth-order valence-corrected chi connectivity index (χ4v) is 2.32. The number of rotatable bonds is 4. The van der Waals surface area contributed by atoms with E-state index in [4.69, 9.17) is 9.47 Å². The summed E-state index contributed by atoms with van der Waals surface area (Å²) in [7, 11) is 3.27. The Bertz CT molecular complexity index is 417. The second kappa shape index (κ2) is 7.24. The zero-order valence-corrected chi connectivity index (χ0v) is 12.1. The Labute approximate surface area is 120 Å². The van der Waals surface area contributed by atoms with Gasteiger partial charge in [0.05, 0.1) is 14.2 Å². The van der Waals surface area contributed by atoms with Gasteiger partial charge in [0.15, 0.2) is 11.5 Å². The highest BCUT2D eigenvalue weighted by Gasteiger charge is 2.19. The normalized spacial score (nSPS) is 15.6. The standard InChI is InChI=1S/C14H19NO3.ClH/c1-17-13-4-3-12(9-14(13)18-2)15-7-5-11(10-16)6-8-15;/h3-4,9-11H,5-8H2,1-2H3;1H. The summed E-state index contributed by atoms with van der Waals surface area (Å²) >= 11 is 0. The lowest BCUT2D eigenvalue weighted by Crippen LogP contribution is -2.34. The maximum atomic E-state index is 10.7. The van der Waals surface area contributed by atoms with Crippen LogP contribution in [0.1, 0.15) is 12.8 Å².